The molecule has 1 aromatic heterocycles. The molecule has 0 saturated heterocycles. The highest BCUT2D eigenvalue weighted by Gasteiger charge is 2.03. The average molecular weight is 202 g/mol. The van der Waals surface area contributed by atoms with Gasteiger partial charge in [0.05, 0.1) is 12.5 Å². The van der Waals surface area contributed by atoms with Crippen LogP contribution in [0.15, 0.2) is 18.3 Å². The number of hydrogen-bond donors (Lipinski definition) is 0. The van der Waals surface area contributed by atoms with Crippen molar-refractivity contribution in [3.8, 4) is 11.6 Å². The molecule has 0 aliphatic rings. The predicted octanol–water partition coefficient (Wildman–Crippen LogP) is 2.10. The Kier molecular flexibility index (Phi) is 4.40. The van der Waals surface area contributed by atoms with Crippen molar-refractivity contribution in [2.24, 2.45) is 0 Å². The Labute approximate surface area is 82.6 Å². The van der Waals surface area contributed by atoms with E-state index < -0.39 is 0 Å². The van der Waals surface area contributed by atoms with Crippen LogP contribution in [-0.2, 0) is 0 Å². The largest absolute Gasteiger partial charge is 0.488 e. The van der Waals surface area contributed by atoms with Gasteiger partial charge in [-0.15, -0.1) is 11.6 Å². The van der Waals surface area contributed by atoms with Crippen molar-refractivity contribution >= 4 is 11.6 Å². The van der Waals surface area contributed by atoms with E-state index in [1.54, 1.807) is 12.3 Å². The first-order chi connectivity index (χ1) is 6.38. The van der Waals surface area contributed by atoms with Crippen molar-refractivity contribution in [2.75, 3.05) is 19.1 Å². The number of aromatic nitrogens is 1. The topological polar surface area (TPSA) is 31.4 Å². The second-order valence-corrected chi connectivity index (χ2v) is 2.66. The molecule has 0 spiro atoms. The maximum atomic E-state index is 5.49. The summed E-state index contributed by atoms with van der Waals surface area (Å²) in [4.78, 5) is 4.03. The predicted molar refractivity (Wildman–Crippen MR) is 51.6 cm³/mol. The third-order valence-corrected chi connectivity index (χ3v) is 1.51. The average Bonchev–Trinajstić information content (AvgIpc) is 2.17. The van der Waals surface area contributed by atoms with Gasteiger partial charge in [-0.05, 0) is 19.1 Å². The second-order valence-electron chi connectivity index (χ2n) is 2.28. The van der Waals surface area contributed by atoms with E-state index in [0.29, 0.717) is 30.7 Å². The Bertz CT molecular complexity index is 255. The van der Waals surface area contributed by atoms with Crippen molar-refractivity contribution < 1.29 is 9.47 Å². The lowest BCUT2D eigenvalue weighted by atomic mass is 10.4. The summed E-state index contributed by atoms with van der Waals surface area (Å²) >= 11 is 5.49. The standard InChI is InChI=1S/C9H12ClNO2/c1-2-12-8-4-3-6-11-9(8)13-7-5-10/h3-4,6H,2,5,7H2,1H3. The summed E-state index contributed by atoms with van der Waals surface area (Å²) in [6, 6.07) is 3.62. The lowest BCUT2D eigenvalue weighted by molar-refractivity contribution is 0.279. The molecule has 0 amide bonds. The van der Waals surface area contributed by atoms with Crippen LogP contribution >= 0.6 is 11.6 Å². The third-order valence-electron chi connectivity index (χ3n) is 1.35. The zero-order chi connectivity index (χ0) is 9.52. The fraction of sp³-hybridized carbons (Fsp3) is 0.444. The molecule has 0 radical (unpaired) electrons. The lowest BCUT2D eigenvalue weighted by Crippen LogP contribution is -2.02. The zero-order valence-corrected chi connectivity index (χ0v) is 8.25. The van der Waals surface area contributed by atoms with E-state index in [1.807, 2.05) is 13.0 Å². The summed E-state index contributed by atoms with van der Waals surface area (Å²) in [6.07, 6.45) is 1.66. The van der Waals surface area contributed by atoms with E-state index in [4.69, 9.17) is 21.1 Å². The molecular weight excluding hydrogens is 190 g/mol. The molecule has 0 aliphatic heterocycles. The summed E-state index contributed by atoms with van der Waals surface area (Å²) in [5.74, 6) is 1.61. The molecule has 0 unspecified atom stereocenters. The maximum absolute atomic E-state index is 5.49. The lowest BCUT2D eigenvalue weighted by Gasteiger charge is -2.08. The summed E-state index contributed by atoms with van der Waals surface area (Å²) in [5, 5.41) is 0. The summed E-state index contributed by atoms with van der Waals surface area (Å²) in [6.45, 7) is 2.96. The zero-order valence-electron chi connectivity index (χ0n) is 7.50. The minimum absolute atomic E-state index is 0.443. The van der Waals surface area contributed by atoms with Crippen LogP contribution in [0.25, 0.3) is 0 Å². The van der Waals surface area contributed by atoms with E-state index in [-0.39, 0.29) is 0 Å². The molecular formula is C9H12ClNO2. The molecule has 0 N–H and O–H groups in total. The van der Waals surface area contributed by atoms with E-state index in [9.17, 15) is 0 Å². The molecule has 0 fully saturated rings. The summed E-state index contributed by atoms with van der Waals surface area (Å²) < 4.78 is 10.6. The molecule has 3 nitrogen and oxygen atoms in total. The number of halogens is 1. The first kappa shape index (κ1) is 10.1. The molecule has 0 saturated carbocycles. The van der Waals surface area contributed by atoms with Crippen LogP contribution in [0.4, 0.5) is 0 Å². The molecule has 4 heteroatoms. The maximum Gasteiger partial charge on any atom is 0.257 e. The van der Waals surface area contributed by atoms with Gasteiger partial charge in [-0.3, -0.25) is 0 Å². The van der Waals surface area contributed by atoms with E-state index in [2.05, 4.69) is 4.98 Å². The minimum Gasteiger partial charge on any atom is -0.488 e. The molecule has 0 bridgehead atoms. The molecule has 0 atom stereocenters. The Morgan fingerprint density at radius 1 is 1.46 bits per heavy atom. The van der Waals surface area contributed by atoms with Gasteiger partial charge < -0.3 is 9.47 Å². The van der Waals surface area contributed by atoms with E-state index >= 15 is 0 Å². The number of alkyl halides is 1. The Balaban J connectivity index is 2.66. The fourth-order valence-corrected chi connectivity index (χ4v) is 0.962. The molecule has 1 rings (SSSR count). The van der Waals surface area contributed by atoms with Crippen LogP contribution < -0.4 is 9.47 Å². The van der Waals surface area contributed by atoms with Gasteiger partial charge in [-0.25, -0.2) is 4.98 Å². The van der Waals surface area contributed by atoms with Crippen LogP contribution in [0.5, 0.6) is 11.6 Å². The summed E-state index contributed by atoms with van der Waals surface area (Å²) in [7, 11) is 0. The number of nitrogens with zero attached hydrogens (tertiary/aromatic N) is 1. The molecule has 0 aromatic carbocycles. The van der Waals surface area contributed by atoms with Crippen molar-refractivity contribution in [3.63, 3.8) is 0 Å². The highest BCUT2D eigenvalue weighted by atomic mass is 35.5. The van der Waals surface area contributed by atoms with Crippen LogP contribution in [0.3, 0.4) is 0 Å². The number of ether oxygens (including phenoxy) is 2. The van der Waals surface area contributed by atoms with Gasteiger partial charge in [0, 0.05) is 6.20 Å². The monoisotopic (exact) mass is 201 g/mol. The first-order valence-electron chi connectivity index (χ1n) is 4.15. The SMILES string of the molecule is CCOc1cccnc1OCCCl. The van der Waals surface area contributed by atoms with E-state index in [1.165, 1.54) is 0 Å². The van der Waals surface area contributed by atoms with Crippen LogP contribution in [0.2, 0.25) is 0 Å². The van der Waals surface area contributed by atoms with Crippen LogP contribution in [0.1, 0.15) is 6.92 Å². The fourth-order valence-electron chi connectivity index (χ4n) is 0.885. The van der Waals surface area contributed by atoms with Crippen LogP contribution in [-0.4, -0.2) is 24.1 Å². The second kappa shape index (κ2) is 5.65. The highest BCUT2D eigenvalue weighted by Crippen LogP contribution is 2.22. The number of pyridine rings is 1. The van der Waals surface area contributed by atoms with Gasteiger partial charge in [-0.2, -0.15) is 0 Å². The van der Waals surface area contributed by atoms with Gasteiger partial charge in [0.25, 0.3) is 5.88 Å². The van der Waals surface area contributed by atoms with Gasteiger partial charge in [0.1, 0.15) is 6.61 Å². The Morgan fingerprint density at radius 3 is 3.00 bits per heavy atom. The minimum atomic E-state index is 0.443. The summed E-state index contributed by atoms with van der Waals surface area (Å²) in [5.41, 5.74) is 0. The molecule has 1 heterocycles. The molecule has 0 aliphatic carbocycles. The van der Waals surface area contributed by atoms with Gasteiger partial charge >= 0.3 is 0 Å². The highest BCUT2D eigenvalue weighted by molar-refractivity contribution is 6.17. The molecule has 72 valence electrons. The number of hydrogen-bond acceptors (Lipinski definition) is 3. The third kappa shape index (κ3) is 3.11. The van der Waals surface area contributed by atoms with Crippen molar-refractivity contribution in [1.29, 1.82) is 0 Å². The van der Waals surface area contributed by atoms with E-state index in [0.717, 1.165) is 0 Å². The number of rotatable bonds is 5. The molecule has 1 aromatic rings. The smallest absolute Gasteiger partial charge is 0.257 e. The van der Waals surface area contributed by atoms with Crippen molar-refractivity contribution in [2.45, 2.75) is 6.92 Å². The van der Waals surface area contributed by atoms with Crippen LogP contribution in [0, 0.1) is 0 Å². The Hall–Kier alpha value is -0.960. The van der Waals surface area contributed by atoms with Gasteiger partial charge in [0.2, 0.25) is 0 Å². The van der Waals surface area contributed by atoms with Crippen molar-refractivity contribution in [3.05, 3.63) is 18.3 Å². The molecule has 13 heavy (non-hydrogen) atoms. The quantitative estimate of drug-likeness (QED) is 0.684. The Morgan fingerprint density at radius 2 is 2.31 bits per heavy atom. The van der Waals surface area contributed by atoms with Crippen molar-refractivity contribution in [1.82, 2.24) is 4.98 Å². The first-order valence-corrected chi connectivity index (χ1v) is 4.68. The van der Waals surface area contributed by atoms with Gasteiger partial charge in [-0.1, -0.05) is 0 Å². The van der Waals surface area contributed by atoms with Gasteiger partial charge in [0.15, 0.2) is 5.75 Å². The normalized spacial score (nSPS) is 9.69.